The molecule has 0 N–H and O–H groups in total. The highest BCUT2D eigenvalue weighted by molar-refractivity contribution is 5.24. The van der Waals surface area contributed by atoms with Crippen LogP contribution in [0.1, 0.15) is 295 Å². The van der Waals surface area contributed by atoms with Crippen molar-refractivity contribution in [2.75, 3.05) is 0 Å². The van der Waals surface area contributed by atoms with E-state index >= 15 is 0 Å². The molecule has 418 valence electrons. The number of hydrogen-bond donors (Lipinski definition) is 0. The van der Waals surface area contributed by atoms with Crippen molar-refractivity contribution in [1.82, 2.24) is 0 Å². The SMILES string of the molecule is C.C.C.C.C.C1C2CC3C4CC5CC(C14)C(C2)C3C5.C1C2CC3CC1CC(C2)C3.CC.CC.CC.CC.CC#CC.CC#CC.CC#CC.CC#CC12CC3CC(C1)CC(C14CC5CC(CC(C5)C1)C4)(C3)C2. The van der Waals surface area contributed by atoms with E-state index < -0.39 is 0 Å². The van der Waals surface area contributed by atoms with Gasteiger partial charge >= 0.3 is 0 Å². The zero-order valence-electron chi connectivity index (χ0n) is 47.3. The lowest BCUT2D eigenvalue weighted by Gasteiger charge is -2.71. The molecule has 0 aromatic heterocycles. The van der Waals surface area contributed by atoms with Crippen molar-refractivity contribution in [2.24, 2.45) is 117 Å². The van der Waals surface area contributed by atoms with Crippen LogP contribution in [-0.4, -0.2) is 0 Å². The summed E-state index contributed by atoms with van der Waals surface area (Å²) < 4.78 is 0. The fraction of sp³-hybridized carbons (Fsp3) is 0.889. The van der Waals surface area contributed by atoms with Gasteiger partial charge in [0, 0.05) is 5.41 Å². The molecule has 0 heteroatoms. The molecular formula is C72H130. The fourth-order valence-corrected chi connectivity index (χ4v) is 20.9. The summed E-state index contributed by atoms with van der Waals surface area (Å²) >= 11 is 0. The Labute approximate surface area is 457 Å². The monoisotopic (exact) mass is 995 g/mol. The molecule has 20 bridgehead atoms. The van der Waals surface area contributed by atoms with Gasteiger partial charge < -0.3 is 0 Å². The van der Waals surface area contributed by atoms with Gasteiger partial charge in [-0.1, -0.05) is 98.4 Å². The van der Waals surface area contributed by atoms with E-state index in [0.717, 1.165) is 40.4 Å². The molecule has 19 aliphatic carbocycles. The largest absolute Gasteiger partial charge is 0.107 e. The molecule has 2 atom stereocenters. The molecule has 0 amide bonds. The smallest absolute Gasteiger partial charge is 0.0325 e. The summed E-state index contributed by atoms with van der Waals surface area (Å²) in [6.45, 7) is 29.0. The highest BCUT2D eigenvalue weighted by atomic mass is 14.7. The molecule has 0 aromatic carbocycles. The zero-order valence-corrected chi connectivity index (χ0v) is 47.3. The molecule has 19 fully saturated rings. The van der Waals surface area contributed by atoms with Gasteiger partial charge in [0.25, 0.3) is 0 Å². The van der Waals surface area contributed by atoms with E-state index in [-0.39, 0.29) is 37.1 Å². The topological polar surface area (TPSA) is 0 Å². The Hall–Kier alpha value is -1.76. The van der Waals surface area contributed by atoms with Gasteiger partial charge in [0.15, 0.2) is 0 Å². The Balaban J connectivity index is 0.000000898. The van der Waals surface area contributed by atoms with Crippen molar-refractivity contribution in [2.45, 2.75) is 295 Å². The van der Waals surface area contributed by atoms with Gasteiger partial charge in [-0.05, 0) is 314 Å². The molecule has 19 aliphatic rings. The first-order valence-corrected chi connectivity index (χ1v) is 30.1. The lowest BCUT2D eigenvalue weighted by atomic mass is 9.33. The molecule has 0 nitrogen and oxygen atoms in total. The number of hydrogen-bond acceptors (Lipinski definition) is 0. The van der Waals surface area contributed by atoms with Crippen LogP contribution in [0.3, 0.4) is 0 Å². The number of rotatable bonds is 1. The summed E-state index contributed by atoms with van der Waals surface area (Å²) in [6.07, 6.45) is 38.4. The van der Waals surface area contributed by atoms with Crippen LogP contribution in [0.25, 0.3) is 0 Å². The molecule has 19 saturated carbocycles. The van der Waals surface area contributed by atoms with Gasteiger partial charge in [-0.2, -0.15) is 0 Å². The van der Waals surface area contributed by atoms with Gasteiger partial charge in [0.05, 0.1) is 0 Å². The minimum Gasteiger partial charge on any atom is -0.107 e. The summed E-state index contributed by atoms with van der Waals surface area (Å²) in [4.78, 5) is 0. The Morgan fingerprint density at radius 1 is 0.236 bits per heavy atom. The Bertz CT molecular complexity index is 1490. The normalized spacial score (nSPS) is 42.6. The Kier molecular flexibility index (Phi) is 31.9. The van der Waals surface area contributed by atoms with E-state index in [4.69, 9.17) is 0 Å². The molecule has 0 aromatic rings. The minimum atomic E-state index is 0. The van der Waals surface area contributed by atoms with Gasteiger partial charge in [-0.15, -0.1) is 41.4 Å². The third-order valence-corrected chi connectivity index (χ3v) is 21.3. The second-order valence-corrected chi connectivity index (χ2v) is 24.6. The molecule has 0 spiro atoms. The van der Waals surface area contributed by atoms with Crippen LogP contribution >= 0.6 is 0 Å². The van der Waals surface area contributed by atoms with Crippen molar-refractivity contribution in [3.63, 3.8) is 0 Å². The van der Waals surface area contributed by atoms with Crippen LogP contribution in [0.15, 0.2) is 0 Å². The molecular weight excluding hydrogens is 865 g/mol. The van der Waals surface area contributed by atoms with Crippen molar-refractivity contribution in [3.8, 4) is 47.4 Å². The predicted molar refractivity (Wildman–Crippen MR) is 327 cm³/mol. The van der Waals surface area contributed by atoms with E-state index in [1.54, 1.807) is 135 Å². The maximum Gasteiger partial charge on any atom is 0.0325 e. The van der Waals surface area contributed by atoms with Crippen LogP contribution in [0.5, 0.6) is 0 Å². The fourth-order valence-electron chi connectivity index (χ4n) is 20.9. The first-order chi connectivity index (χ1) is 32.7. The average molecular weight is 996 g/mol. The van der Waals surface area contributed by atoms with Crippen LogP contribution < -0.4 is 0 Å². The third kappa shape index (κ3) is 15.0. The zero-order chi connectivity index (χ0) is 48.9. The van der Waals surface area contributed by atoms with Crippen molar-refractivity contribution in [3.05, 3.63) is 0 Å². The van der Waals surface area contributed by atoms with E-state index in [2.05, 4.69) is 54.3 Å². The van der Waals surface area contributed by atoms with Crippen LogP contribution in [0.4, 0.5) is 0 Å². The molecule has 0 radical (unpaired) electrons. The van der Waals surface area contributed by atoms with Crippen molar-refractivity contribution >= 4 is 0 Å². The summed E-state index contributed by atoms with van der Waals surface area (Å²) in [7, 11) is 0. The van der Waals surface area contributed by atoms with Gasteiger partial charge in [-0.3, -0.25) is 0 Å². The molecule has 2 unspecified atom stereocenters. The van der Waals surface area contributed by atoms with Crippen LogP contribution in [0.2, 0.25) is 0 Å². The van der Waals surface area contributed by atoms with Crippen molar-refractivity contribution in [1.29, 1.82) is 0 Å². The van der Waals surface area contributed by atoms with Gasteiger partial charge in [-0.25, -0.2) is 0 Å². The van der Waals surface area contributed by atoms with E-state index in [1.807, 2.05) is 96.9 Å². The second-order valence-electron chi connectivity index (χ2n) is 24.6. The maximum absolute atomic E-state index is 3.80. The van der Waals surface area contributed by atoms with Gasteiger partial charge in [0.2, 0.25) is 0 Å². The standard InChI is InChI=1S/C23H32.C14H20.C10H16.3C4H6.4C2H6.5CH4/c1-2-3-21-8-19-7-20(9-21)14-23(13-19,15-21)22-10-16-4-17(11-22)6-18(5-16)12-22;1-7-2-12-10-4-8-5-11(9(1)10)13(3-7)14(12)6-8;1-7-2-9-4-8(1)5-10(3-7)6-9;3*1-3-4-2;4*1-2;;;;;/h16-20H,4-15H2,1H3;7-14H,1-6H2;7-10H,1-6H2;3*1-2H3;4*1-2H3;5*1H4. The van der Waals surface area contributed by atoms with Crippen LogP contribution in [-0.2, 0) is 0 Å². The summed E-state index contributed by atoms with van der Waals surface area (Å²) in [5, 5.41) is 0. The Morgan fingerprint density at radius 3 is 0.681 bits per heavy atom. The van der Waals surface area contributed by atoms with E-state index in [0.29, 0.717) is 5.41 Å². The molecule has 19 rings (SSSR count). The quantitative estimate of drug-likeness (QED) is 0.230. The second kappa shape index (κ2) is 32.7. The maximum atomic E-state index is 3.80. The molecule has 0 heterocycles. The first-order valence-electron chi connectivity index (χ1n) is 30.1. The molecule has 0 saturated heterocycles. The van der Waals surface area contributed by atoms with Crippen LogP contribution in [0, 0.1) is 164 Å². The Morgan fingerprint density at radius 2 is 0.444 bits per heavy atom. The summed E-state index contributed by atoms with van der Waals surface area (Å²) in [6, 6.07) is 0. The molecule has 0 aliphatic heterocycles. The lowest BCUT2D eigenvalue weighted by Crippen LogP contribution is -2.62. The summed E-state index contributed by atoms with van der Waals surface area (Å²) in [5.41, 5.74) is 1.93. The minimum absolute atomic E-state index is 0. The summed E-state index contributed by atoms with van der Waals surface area (Å²) in [5.74, 6) is 43.1. The van der Waals surface area contributed by atoms with E-state index in [9.17, 15) is 0 Å². The molecule has 72 heavy (non-hydrogen) atoms. The third-order valence-electron chi connectivity index (χ3n) is 21.3. The van der Waals surface area contributed by atoms with E-state index in [1.165, 1.54) is 90.3 Å². The predicted octanol–water partition coefficient (Wildman–Crippen LogP) is 22.3. The lowest BCUT2D eigenvalue weighted by molar-refractivity contribution is -0.210. The van der Waals surface area contributed by atoms with Crippen molar-refractivity contribution < 1.29 is 0 Å². The highest BCUT2D eigenvalue weighted by Crippen LogP contribution is 2.77. The van der Waals surface area contributed by atoms with Gasteiger partial charge in [0.1, 0.15) is 0 Å². The first kappa shape index (κ1) is 70.2. The average Bonchev–Trinajstić information content (AvgIpc) is 3.35. The highest BCUT2D eigenvalue weighted by Gasteiger charge is 2.68.